The molecule has 0 unspecified atom stereocenters. The summed E-state index contributed by atoms with van der Waals surface area (Å²) >= 11 is 1.64. The van der Waals surface area contributed by atoms with Crippen molar-refractivity contribution in [3.8, 4) is 0 Å². The molecule has 7 heteroatoms. The number of aryl methyl sites for hydroxylation is 1. The van der Waals surface area contributed by atoms with Crippen molar-refractivity contribution >= 4 is 27.4 Å². The maximum Gasteiger partial charge on any atom is 0.150 e. The summed E-state index contributed by atoms with van der Waals surface area (Å²) in [5.74, 6) is 1.10. The van der Waals surface area contributed by atoms with Crippen molar-refractivity contribution in [2.75, 3.05) is 18.0 Å². The lowest BCUT2D eigenvalue weighted by atomic mass is 10.0. The zero-order valence-corrected chi connectivity index (χ0v) is 13.0. The van der Waals surface area contributed by atoms with Gasteiger partial charge in [0.05, 0.1) is 22.0 Å². The Balaban J connectivity index is 1.56. The van der Waals surface area contributed by atoms with Gasteiger partial charge in [0.15, 0.2) is 0 Å². The van der Waals surface area contributed by atoms with Crippen LogP contribution >= 0.6 is 11.3 Å². The molecule has 22 heavy (non-hydrogen) atoms. The summed E-state index contributed by atoms with van der Waals surface area (Å²) in [5.41, 5.74) is 3.03. The van der Waals surface area contributed by atoms with Crippen LogP contribution in [0.25, 0.3) is 10.2 Å². The molecule has 0 bridgehead atoms. The van der Waals surface area contributed by atoms with E-state index in [1.54, 1.807) is 17.7 Å². The molecular formula is C15H17N5OS. The Morgan fingerprint density at radius 3 is 3.14 bits per heavy atom. The van der Waals surface area contributed by atoms with E-state index in [0.29, 0.717) is 6.54 Å². The van der Waals surface area contributed by atoms with Crippen molar-refractivity contribution in [3.63, 3.8) is 0 Å². The molecule has 0 saturated carbocycles. The molecule has 3 aromatic rings. The van der Waals surface area contributed by atoms with Crippen LogP contribution in [-0.2, 0) is 6.42 Å². The van der Waals surface area contributed by atoms with Gasteiger partial charge in [-0.2, -0.15) is 5.10 Å². The number of hydrogen-bond acceptors (Lipinski definition) is 6. The maximum atomic E-state index is 10.4. The molecule has 0 radical (unpaired) electrons. The number of thiophene rings is 1. The van der Waals surface area contributed by atoms with Crippen molar-refractivity contribution in [2.45, 2.75) is 19.4 Å². The summed E-state index contributed by atoms with van der Waals surface area (Å²) in [4.78, 5) is 10.9. The second-order valence-electron chi connectivity index (χ2n) is 5.81. The van der Waals surface area contributed by atoms with Crippen LogP contribution in [0, 0.1) is 12.8 Å². The molecule has 1 aliphatic rings. The molecule has 2 N–H and O–H groups in total. The van der Waals surface area contributed by atoms with Gasteiger partial charge in [-0.05, 0) is 30.9 Å². The van der Waals surface area contributed by atoms with Crippen molar-refractivity contribution in [1.82, 2.24) is 20.2 Å². The second-order valence-corrected chi connectivity index (χ2v) is 6.73. The summed E-state index contributed by atoms with van der Waals surface area (Å²) in [5, 5.41) is 19.7. The number of aliphatic hydroxyl groups is 1. The van der Waals surface area contributed by atoms with Crippen molar-refractivity contribution in [2.24, 2.45) is 5.92 Å². The first-order valence-corrected chi connectivity index (χ1v) is 8.21. The summed E-state index contributed by atoms with van der Waals surface area (Å²) in [7, 11) is 0. The number of aliphatic hydroxyl groups excluding tert-OH is 1. The number of anilines is 1. The summed E-state index contributed by atoms with van der Waals surface area (Å²) in [6, 6.07) is 4.04. The summed E-state index contributed by atoms with van der Waals surface area (Å²) < 4.78 is 1.09. The topological polar surface area (TPSA) is 77.9 Å². The lowest BCUT2D eigenvalue weighted by molar-refractivity contribution is 0.148. The molecule has 4 heterocycles. The van der Waals surface area contributed by atoms with E-state index < -0.39 is 0 Å². The van der Waals surface area contributed by atoms with E-state index >= 15 is 0 Å². The molecule has 0 amide bonds. The fraction of sp³-hybridized carbons (Fsp3) is 0.400. The predicted octanol–water partition coefficient (Wildman–Crippen LogP) is 1.76. The van der Waals surface area contributed by atoms with Gasteiger partial charge in [-0.3, -0.25) is 5.10 Å². The zero-order valence-electron chi connectivity index (χ0n) is 12.2. The predicted molar refractivity (Wildman–Crippen MR) is 86.2 cm³/mol. The minimum absolute atomic E-state index is 0.174. The highest BCUT2D eigenvalue weighted by molar-refractivity contribution is 7.17. The van der Waals surface area contributed by atoms with Crippen LogP contribution in [0.1, 0.15) is 11.4 Å². The van der Waals surface area contributed by atoms with Gasteiger partial charge in [0, 0.05) is 24.7 Å². The number of nitrogens with zero attached hydrogens (tertiary/aromatic N) is 4. The first-order chi connectivity index (χ1) is 10.7. The molecule has 2 atom stereocenters. The SMILES string of the molecule is Cc1cc(C[C@@H]2CN(c3ncnc4ccsc34)C[C@H]2O)n[nH]1. The highest BCUT2D eigenvalue weighted by Gasteiger charge is 2.33. The lowest BCUT2D eigenvalue weighted by Gasteiger charge is -2.17. The van der Waals surface area contributed by atoms with Crippen LogP contribution in [0.5, 0.6) is 0 Å². The van der Waals surface area contributed by atoms with Gasteiger partial charge in [0.25, 0.3) is 0 Å². The van der Waals surface area contributed by atoms with Crippen LogP contribution in [0.4, 0.5) is 5.82 Å². The Morgan fingerprint density at radius 1 is 1.41 bits per heavy atom. The highest BCUT2D eigenvalue weighted by Crippen LogP contribution is 2.32. The zero-order chi connectivity index (χ0) is 15.1. The molecule has 0 spiro atoms. The van der Waals surface area contributed by atoms with Gasteiger partial charge in [-0.25, -0.2) is 9.97 Å². The van der Waals surface area contributed by atoms with Gasteiger partial charge in [0.2, 0.25) is 0 Å². The molecule has 1 fully saturated rings. The molecule has 1 aliphatic heterocycles. The molecular weight excluding hydrogens is 298 g/mol. The second kappa shape index (κ2) is 5.33. The van der Waals surface area contributed by atoms with E-state index in [-0.39, 0.29) is 12.0 Å². The molecule has 4 rings (SSSR count). The number of aromatic amines is 1. The molecule has 1 saturated heterocycles. The Morgan fingerprint density at radius 2 is 2.32 bits per heavy atom. The number of hydrogen-bond donors (Lipinski definition) is 2. The third kappa shape index (κ3) is 2.36. The fourth-order valence-corrected chi connectivity index (χ4v) is 3.94. The molecule has 0 aliphatic carbocycles. The third-order valence-electron chi connectivity index (χ3n) is 4.16. The average molecular weight is 315 g/mol. The van der Waals surface area contributed by atoms with Crippen molar-refractivity contribution in [3.05, 3.63) is 35.2 Å². The van der Waals surface area contributed by atoms with Crippen LogP contribution < -0.4 is 4.90 Å². The van der Waals surface area contributed by atoms with Gasteiger partial charge in [-0.1, -0.05) is 0 Å². The highest BCUT2D eigenvalue weighted by atomic mass is 32.1. The molecule has 114 valence electrons. The number of H-pyrrole nitrogens is 1. The van der Waals surface area contributed by atoms with E-state index in [1.807, 2.05) is 24.4 Å². The normalized spacial score (nSPS) is 21.8. The lowest BCUT2D eigenvalue weighted by Crippen LogP contribution is -2.22. The summed E-state index contributed by atoms with van der Waals surface area (Å²) in [6.07, 6.45) is 2.02. The number of β-amino-alcohol motifs (C(OH)–C–C–N with tert-alkyl or cyclic N) is 1. The smallest absolute Gasteiger partial charge is 0.150 e. The largest absolute Gasteiger partial charge is 0.391 e. The number of aromatic nitrogens is 4. The van der Waals surface area contributed by atoms with Gasteiger partial charge in [0.1, 0.15) is 12.1 Å². The average Bonchev–Trinajstić information content (AvgIpc) is 3.20. The van der Waals surface area contributed by atoms with E-state index in [2.05, 4.69) is 25.1 Å². The molecule has 3 aromatic heterocycles. The standard InChI is InChI=1S/C15H17N5OS/c1-9-4-11(19-18-9)5-10-6-20(7-13(10)21)15-14-12(2-3-22-14)16-8-17-15/h2-4,8,10,13,21H,5-7H2,1H3,(H,18,19)/t10-,13-/m1/s1. The van der Waals surface area contributed by atoms with E-state index in [4.69, 9.17) is 0 Å². The van der Waals surface area contributed by atoms with E-state index in [9.17, 15) is 5.11 Å². The Kier molecular flexibility index (Phi) is 3.31. The Hall–Kier alpha value is -1.99. The minimum atomic E-state index is -0.359. The number of nitrogens with one attached hydrogen (secondary N) is 1. The van der Waals surface area contributed by atoms with Crippen LogP contribution in [0.15, 0.2) is 23.8 Å². The van der Waals surface area contributed by atoms with Crippen molar-refractivity contribution in [1.29, 1.82) is 0 Å². The molecule has 0 aromatic carbocycles. The van der Waals surface area contributed by atoms with E-state index in [1.165, 1.54) is 0 Å². The van der Waals surface area contributed by atoms with Gasteiger partial charge >= 0.3 is 0 Å². The molecule has 6 nitrogen and oxygen atoms in total. The van der Waals surface area contributed by atoms with Gasteiger partial charge < -0.3 is 10.0 Å². The first kappa shape index (κ1) is 13.7. The minimum Gasteiger partial charge on any atom is -0.391 e. The van der Waals surface area contributed by atoms with Gasteiger partial charge in [-0.15, -0.1) is 11.3 Å². The Labute approximate surface area is 131 Å². The Bertz CT molecular complexity index is 798. The third-order valence-corrected chi connectivity index (χ3v) is 5.06. The van der Waals surface area contributed by atoms with Crippen molar-refractivity contribution < 1.29 is 5.11 Å². The van der Waals surface area contributed by atoms with Crippen LogP contribution in [-0.4, -0.2) is 44.5 Å². The van der Waals surface area contributed by atoms with Crippen LogP contribution in [0.3, 0.4) is 0 Å². The number of rotatable bonds is 3. The first-order valence-electron chi connectivity index (χ1n) is 7.33. The monoisotopic (exact) mass is 315 g/mol. The maximum absolute atomic E-state index is 10.4. The van der Waals surface area contributed by atoms with Crippen LogP contribution in [0.2, 0.25) is 0 Å². The fourth-order valence-electron chi connectivity index (χ4n) is 3.08. The summed E-state index contributed by atoms with van der Waals surface area (Å²) in [6.45, 7) is 3.39. The number of fused-ring (bicyclic) bond motifs is 1. The van der Waals surface area contributed by atoms with E-state index in [0.717, 1.165) is 40.4 Å². The quantitative estimate of drug-likeness (QED) is 0.770.